The highest BCUT2D eigenvalue weighted by Gasteiger charge is 2.29. The van der Waals surface area contributed by atoms with Gasteiger partial charge >= 0.3 is 6.09 Å². The van der Waals surface area contributed by atoms with Gasteiger partial charge in [0.25, 0.3) is 0 Å². The van der Waals surface area contributed by atoms with Crippen molar-refractivity contribution >= 4 is 11.9 Å². The Kier molecular flexibility index (Phi) is 10.2. The minimum atomic E-state index is -0.638. The van der Waals surface area contributed by atoms with Crippen LogP contribution < -0.4 is 14.8 Å². The maximum Gasteiger partial charge on any atom is 0.408 e. The molecule has 0 saturated heterocycles. The van der Waals surface area contributed by atoms with Gasteiger partial charge in [-0.25, -0.2) is 4.79 Å². The summed E-state index contributed by atoms with van der Waals surface area (Å²) in [7, 11) is 3.26. The summed E-state index contributed by atoms with van der Waals surface area (Å²) in [6.07, 6.45) is 5.92. The second-order valence-corrected chi connectivity index (χ2v) is 11.7. The van der Waals surface area contributed by atoms with Gasteiger partial charge in [0.05, 0.1) is 43.6 Å². The zero-order chi connectivity index (χ0) is 27.9. The molecule has 1 N–H and O–H groups in total. The number of ketones is 1. The minimum absolute atomic E-state index is 0. The second kappa shape index (κ2) is 13.2. The molecule has 1 amide bonds. The predicted octanol–water partition coefficient (Wildman–Crippen LogP) is 6.44. The molecular weight excluding hydrogens is 482 g/mol. The van der Waals surface area contributed by atoms with Crippen LogP contribution in [0.2, 0.25) is 0 Å². The number of ether oxygens (including phenoxy) is 3. The molecule has 38 heavy (non-hydrogen) atoms. The fourth-order valence-electron chi connectivity index (χ4n) is 5.12. The van der Waals surface area contributed by atoms with Crippen molar-refractivity contribution in [1.29, 1.82) is 0 Å². The van der Waals surface area contributed by atoms with Crippen LogP contribution in [-0.2, 0) is 22.5 Å². The molecule has 0 radical (unpaired) electrons. The van der Waals surface area contributed by atoms with Crippen LogP contribution in [0, 0.1) is 11.8 Å². The summed E-state index contributed by atoms with van der Waals surface area (Å²) < 4.78 is 18.7. The summed E-state index contributed by atoms with van der Waals surface area (Å²) in [5, 5.41) is 7.70. The molecule has 0 aliphatic heterocycles. The van der Waals surface area contributed by atoms with Gasteiger partial charge in [-0.2, -0.15) is 5.10 Å². The number of Topliss-reactive ketones (excluding diaryl/α,β-unsaturated/α-hetero) is 1. The molecule has 2 aromatic rings. The van der Waals surface area contributed by atoms with Crippen LogP contribution in [0.25, 0.3) is 11.3 Å². The molecule has 1 aliphatic rings. The molecule has 0 spiro atoms. The normalized spacial score (nSPS) is 15.3. The van der Waals surface area contributed by atoms with Crippen LogP contribution in [0.3, 0.4) is 0 Å². The van der Waals surface area contributed by atoms with Gasteiger partial charge in [-0.1, -0.05) is 52.0 Å². The van der Waals surface area contributed by atoms with E-state index in [1.54, 1.807) is 14.2 Å². The third-order valence-corrected chi connectivity index (χ3v) is 6.78. The minimum Gasteiger partial charge on any atom is -0.496 e. The van der Waals surface area contributed by atoms with E-state index in [-0.39, 0.29) is 13.6 Å². The fourth-order valence-corrected chi connectivity index (χ4v) is 5.12. The summed E-state index contributed by atoms with van der Waals surface area (Å²) >= 11 is 0. The summed E-state index contributed by atoms with van der Waals surface area (Å²) in [5.41, 5.74) is 1.65. The first-order valence-corrected chi connectivity index (χ1v) is 13.8. The lowest BCUT2D eigenvalue weighted by Crippen LogP contribution is -2.45. The van der Waals surface area contributed by atoms with E-state index in [1.165, 1.54) is 19.3 Å². The van der Waals surface area contributed by atoms with Crippen LogP contribution in [0.1, 0.15) is 80.3 Å². The van der Waals surface area contributed by atoms with Crippen molar-refractivity contribution in [3.05, 3.63) is 30.0 Å². The van der Waals surface area contributed by atoms with E-state index in [2.05, 4.69) is 19.2 Å². The van der Waals surface area contributed by atoms with Crippen molar-refractivity contribution in [3.8, 4) is 22.8 Å². The van der Waals surface area contributed by atoms with Crippen LogP contribution in [0.4, 0.5) is 4.79 Å². The van der Waals surface area contributed by atoms with Gasteiger partial charge in [0.2, 0.25) is 0 Å². The first kappa shape index (κ1) is 29.5. The highest BCUT2D eigenvalue weighted by molar-refractivity contribution is 5.89. The molecule has 3 rings (SSSR count). The average molecular weight is 531 g/mol. The Balaban J connectivity index is 0.00000533. The number of aromatic nitrogens is 2. The molecule has 1 fully saturated rings. The van der Waals surface area contributed by atoms with Gasteiger partial charge < -0.3 is 19.5 Å². The van der Waals surface area contributed by atoms with Crippen molar-refractivity contribution in [2.24, 2.45) is 11.8 Å². The van der Waals surface area contributed by atoms with Gasteiger partial charge in [-0.3, -0.25) is 9.48 Å². The lowest BCUT2D eigenvalue weighted by Gasteiger charge is -2.27. The lowest BCUT2D eigenvalue weighted by molar-refractivity contribution is -0.121. The van der Waals surface area contributed by atoms with E-state index in [0.717, 1.165) is 24.1 Å². The zero-order valence-corrected chi connectivity index (χ0v) is 24.1. The largest absolute Gasteiger partial charge is 0.496 e. The van der Waals surface area contributed by atoms with Crippen LogP contribution in [-0.4, -0.2) is 47.5 Å². The average Bonchev–Trinajstić information content (AvgIpc) is 3.23. The molecule has 1 aromatic carbocycles. The van der Waals surface area contributed by atoms with Crippen molar-refractivity contribution in [3.63, 3.8) is 0 Å². The summed E-state index contributed by atoms with van der Waals surface area (Å²) in [4.78, 5) is 26.3. The highest BCUT2D eigenvalue weighted by atomic mass is 16.6. The van der Waals surface area contributed by atoms with E-state index in [9.17, 15) is 9.59 Å². The van der Waals surface area contributed by atoms with E-state index >= 15 is 0 Å². The van der Waals surface area contributed by atoms with Crippen LogP contribution in [0.15, 0.2) is 24.3 Å². The Labute approximate surface area is 228 Å². The molecule has 1 aromatic heterocycles. The Morgan fingerprint density at radius 1 is 1.11 bits per heavy atom. The first-order valence-electron chi connectivity index (χ1n) is 13.8. The molecule has 0 unspecified atom stereocenters. The maximum atomic E-state index is 13.6. The predicted molar refractivity (Wildman–Crippen MR) is 151 cm³/mol. The SMILES string of the molecule is COc1cccc(OC)c1-c1cc(CC(=O)[C@@H](CC2CCCCC2)NC(=O)OC(C)(C)C)nn1CC(C)C.[2HH]. The Hall–Kier alpha value is -3.03. The number of nitrogens with one attached hydrogen (secondary N) is 1. The van der Waals surface area contributed by atoms with E-state index < -0.39 is 17.7 Å². The number of nitrogens with zero attached hydrogens (tertiary/aromatic N) is 2. The Bertz CT molecular complexity index is 1060. The number of hydrogen-bond donors (Lipinski definition) is 1. The van der Waals surface area contributed by atoms with Gasteiger partial charge in [0, 0.05) is 7.97 Å². The lowest BCUT2D eigenvalue weighted by atomic mass is 9.83. The molecule has 1 atom stereocenters. The zero-order valence-electron chi connectivity index (χ0n) is 24.1. The van der Waals surface area contributed by atoms with Gasteiger partial charge in [-0.05, 0) is 57.2 Å². The fraction of sp³-hybridized carbons (Fsp3) is 0.633. The molecule has 8 heteroatoms. The van der Waals surface area contributed by atoms with Crippen molar-refractivity contribution in [2.75, 3.05) is 14.2 Å². The molecule has 8 nitrogen and oxygen atoms in total. The number of amides is 1. The van der Waals surface area contributed by atoms with Crippen LogP contribution >= 0.6 is 0 Å². The number of carbonyl (C=O) groups is 2. The number of hydrogen-bond acceptors (Lipinski definition) is 6. The van der Waals surface area contributed by atoms with Crippen molar-refractivity contribution in [1.82, 2.24) is 15.1 Å². The maximum absolute atomic E-state index is 13.6. The van der Waals surface area contributed by atoms with E-state index in [0.29, 0.717) is 42.0 Å². The second-order valence-electron chi connectivity index (χ2n) is 11.7. The van der Waals surface area contributed by atoms with Crippen LogP contribution in [0.5, 0.6) is 11.5 Å². The molecule has 1 aliphatic carbocycles. The van der Waals surface area contributed by atoms with E-state index in [1.807, 2.05) is 49.7 Å². The summed E-state index contributed by atoms with van der Waals surface area (Å²) in [6, 6.07) is 6.98. The van der Waals surface area contributed by atoms with Gasteiger partial charge in [0.1, 0.15) is 17.1 Å². The number of alkyl carbamates (subject to hydrolysis) is 1. The smallest absolute Gasteiger partial charge is 0.408 e. The monoisotopic (exact) mass is 530 g/mol. The van der Waals surface area contributed by atoms with Crippen molar-refractivity contribution in [2.45, 2.75) is 97.8 Å². The Morgan fingerprint density at radius 3 is 2.29 bits per heavy atom. The summed E-state index contributed by atoms with van der Waals surface area (Å²) in [5.74, 6) is 2.04. The molecule has 1 saturated carbocycles. The molecule has 0 bridgehead atoms. The first-order chi connectivity index (χ1) is 18.0. The molecule has 1 heterocycles. The topological polar surface area (TPSA) is 91.7 Å². The standard InChI is InChI=1S/C30H45N3O5.H2/c1-20(2)19-33-24(28-26(36-6)14-11-15-27(28)37-7)17-22(32-33)18-25(34)23(16-21-12-9-8-10-13-21)31-29(35)38-30(3,4)5;/h11,14-15,17,20-21,23H,8-10,12-13,16,18-19H2,1-7H3,(H,31,35);1H/t23-;/m1./s1/i;1+1. The van der Waals surface area contributed by atoms with Gasteiger partial charge in [-0.15, -0.1) is 0 Å². The Morgan fingerprint density at radius 2 is 1.74 bits per heavy atom. The third kappa shape index (κ3) is 8.23. The quantitative estimate of drug-likeness (QED) is 0.359. The number of benzene rings is 1. The summed E-state index contributed by atoms with van der Waals surface area (Å²) in [6.45, 7) is 10.4. The number of methoxy groups -OCH3 is 2. The van der Waals surface area contributed by atoms with Gasteiger partial charge in [0.15, 0.2) is 5.78 Å². The molecular formula is C30H47N3O5. The number of carbonyl (C=O) groups excluding carboxylic acids is 2. The molecule has 212 valence electrons. The van der Waals surface area contributed by atoms with E-state index in [4.69, 9.17) is 19.3 Å². The number of rotatable bonds is 11. The van der Waals surface area contributed by atoms with Crippen molar-refractivity contribution < 1.29 is 25.2 Å². The highest BCUT2D eigenvalue weighted by Crippen LogP contribution is 2.39. The third-order valence-electron chi connectivity index (χ3n) is 6.78.